The molecule has 0 unspecified atom stereocenters. The predicted molar refractivity (Wildman–Crippen MR) is 91.9 cm³/mol. The van der Waals surface area contributed by atoms with Gasteiger partial charge in [0.1, 0.15) is 5.75 Å². The van der Waals surface area contributed by atoms with Crippen molar-refractivity contribution in [1.29, 1.82) is 0 Å². The molecule has 1 aliphatic heterocycles. The number of rotatable bonds is 3. The Morgan fingerprint density at radius 2 is 1.79 bits per heavy atom. The minimum absolute atomic E-state index is 0.212. The third-order valence-corrected chi connectivity index (χ3v) is 4.16. The topological polar surface area (TPSA) is 51.1 Å². The van der Waals surface area contributed by atoms with Crippen molar-refractivity contribution in [2.75, 3.05) is 7.11 Å². The van der Waals surface area contributed by atoms with Crippen molar-refractivity contribution < 1.29 is 14.3 Å². The first kappa shape index (κ1) is 16.3. The first-order chi connectivity index (χ1) is 11.4. The molecule has 5 nitrogen and oxygen atoms in total. The smallest absolute Gasteiger partial charge is 0.243 e. The summed E-state index contributed by atoms with van der Waals surface area (Å²) in [4.78, 5) is 12.1. The number of carbonyl (C=O) groups excluding carboxylic acids is 1. The highest BCUT2D eigenvalue weighted by atomic mass is 35.5. The number of hydrogen-bond acceptors (Lipinski definition) is 4. The lowest BCUT2D eigenvalue weighted by Gasteiger charge is -2.31. The highest BCUT2D eigenvalue weighted by Crippen LogP contribution is 2.37. The van der Waals surface area contributed by atoms with Crippen LogP contribution in [-0.4, -0.2) is 23.9 Å². The van der Waals surface area contributed by atoms with Crippen LogP contribution in [0.5, 0.6) is 5.75 Å². The average Bonchev–Trinajstić information content (AvgIpc) is 2.94. The van der Waals surface area contributed by atoms with Gasteiger partial charge in [-0.3, -0.25) is 4.79 Å². The molecule has 0 spiro atoms. The summed E-state index contributed by atoms with van der Waals surface area (Å²) >= 11 is 5.95. The standard InChI is InChI=1S/C18H17ClN2O3/c1-12(22)21-18(2,14-6-8-15(19)9-7-14)24-17(20-21)13-4-10-16(23-3)11-5-13/h4-11H,1-3H3/t18-/m0/s1. The number of amides is 1. The van der Waals surface area contributed by atoms with E-state index in [1.165, 1.54) is 11.9 Å². The molecular formula is C18H17ClN2O3. The molecule has 2 aromatic carbocycles. The zero-order valence-electron chi connectivity index (χ0n) is 13.6. The fourth-order valence-corrected chi connectivity index (χ4v) is 2.73. The zero-order valence-corrected chi connectivity index (χ0v) is 14.4. The van der Waals surface area contributed by atoms with Crippen molar-refractivity contribution in [3.05, 3.63) is 64.7 Å². The molecule has 6 heteroatoms. The summed E-state index contributed by atoms with van der Waals surface area (Å²) in [6.45, 7) is 3.26. The van der Waals surface area contributed by atoms with E-state index in [0.717, 1.165) is 16.9 Å². The van der Waals surface area contributed by atoms with E-state index >= 15 is 0 Å². The summed E-state index contributed by atoms with van der Waals surface area (Å²) in [7, 11) is 1.60. The van der Waals surface area contributed by atoms with Crippen molar-refractivity contribution in [2.45, 2.75) is 19.6 Å². The second-order valence-electron chi connectivity index (χ2n) is 5.56. The number of nitrogens with zero attached hydrogens (tertiary/aromatic N) is 2. The van der Waals surface area contributed by atoms with Crippen molar-refractivity contribution >= 4 is 23.4 Å². The Bertz CT molecular complexity index is 787. The molecule has 1 amide bonds. The number of hydrazone groups is 1. The Morgan fingerprint density at radius 3 is 2.33 bits per heavy atom. The molecule has 0 N–H and O–H groups in total. The molecule has 0 radical (unpaired) electrons. The van der Waals surface area contributed by atoms with Gasteiger partial charge in [0, 0.05) is 30.0 Å². The number of halogens is 1. The van der Waals surface area contributed by atoms with E-state index < -0.39 is 5.72 Å². The molecule has 24 heavy (non-hydrogen) atoms. The quantitative estimate of drug-likeness (QED) is 0.851. The lowest BCUT2D eigenvalue weighted by Crippen LogP contribution is -2.41. The van der Waals surface area contributed by atoms with Crippen LogP contribution in [-0.2, 0) is 15.3 Å². The van der Waals surface area contributed by atoms with E-state index in [9.17, 15) is 4.79 Å². The Hall–Kier alpha value is -2.53. The van der Waals surface area contributed by atoms with Crippen LogP contribution in [0.1, 0.15) is 25.0 Å². The molecule has 0 saturated heterocycles. The van der Waals surface area contributed by atoms with E-state index in [-0.39, 0.29) is 5.91 Å². The minimum atomic E-state index is -1.02. The van der Waals surface area contributed by atoms with Gasteiger partial charge in [0.05, 0.1) is 7.11 Å². The first-order valence-electron chi connectivity index (χ1n) is 7.43. The fraction of sp³-hybridized carbons (Fsp3) is 0.222. The molecular weight excluding hydrogens is 328 g/mol. The van der Waals surface area contributed by atoms with Crippen LogP contribution < -0.4 is 4.74 Å². The monoisotopic (exact) mass is 344 g/mol. The molecule has 0 saturated carbocycles. The molecule has 124 valence electrons. The second kappa shape index (κ2) is 6.17. The fourth-order valence-electron chi connectivity index (χ4n) is 2.60. The average molecular weight is 345 g/mol. The van der Waals surface area contributed by atoms with Gasteiger partial charge in [-0.1, -0.05) is 23.7 Å². The molecule has 1 heterocycles. The van der Waals surface area contributed by atoms with Crippen molar-refractivity contribution in [1.82, 2.24) is 5.01 Å². The molecule has 1 atom stereocenters. The van der Waals surface area contributed by atoms with E-state index in [2.05, 4.69) is 5.10 Å². The molecule has 0 fully saturated rings. The SMILES string of the molecule is COc1ccc(C2=NN(C(C)=O)[C@](C)(c3ccc(Cl)cc3)O2)cc1. The highest BCUT2D eigenvalue weighted by Gasteiger charge is 2.44. The van der Waals surface area contributed by atoms with Crippen LogP contribution in [0.4, 0.5) is 0 Å². The summed E-state index contributed by atoms with van der Waals surface area (Å²) in [6, 6.07) is 14.5. The predicted octanol–water partition coefficient (Wildman–Crippen LogP) is 3.76. The Morgan fingerprint density at radius 1 is 1.17 bits per heavy atom. The van der Waals surface area contributed by atoms with Gasteiger partial charge in [0.2, 0.25) is 17.5 Å². The third-order valence-electron chi connectivity index (χ3n) is 3.91. The van der Waals surface area contributed by atoms with Gasteiger partial charge >= 0.3 is 0 Å². The molecule has 0 aromatic heterocycles. The van der Waals surface area contributed by atoms with Gasteiger partial charge in [-0.15, -0.1) is 5.10 Å². The second-order valence-corrected chi connectivity index (χ2v) is 5.99. The van der Waals surface area contributed by atoms with Gasteiger partial charge in [0.15, 0.2) is 0 Å². The maximum absolute atomic E-state index is 12.1. The Kier molecular flexibility index (Phi) is 4.20. The van der Waals surface area contributed by atoms with Gasteiger partial charge in [-0.25, -0.2) is 0 Å². The molecule has 1 aliphatic rings. The normalized spacial score (nSPS) is 19.7. The maximum Gasteiger partial charge on any atom is 0.243 e. The van der Waals surface area contributed by atoms with Crippen LogP contribution in [0, 0.1) is 0 Å². The van der Waals surface area contributed by atoms with E-state index in [0.29, 0.717) is 10.9 Å². The van der Waals surface area contributed by atoms with Gasteiger partial charge < -0.3 is 9.47 Å². The van der Waals surface area contributed by atoms with Crippen LogP contribution in [0.15, 0.2) is 53.6 Å². The summed E-state index contributed by atoms with van der Waals surface area (Å²) in [6.07, 6.45) is 0. The van der Waals surface area contributed by atoms with Crippen LogP contribution in [0.25, 0.3) is 0 Å². The lowest BCUT2D eigenvalue weighted by atomic mass is 10.0. The van der Waals surface area contributed by atoms with Gasteiger partial charge in [-0.2, -0.15) is 5.01 Å². The molecule has 3 rings (SSSR count). The number of carbonyl (C=O) groups is 1. The molecule has 0 aliphatic carbocycles. The van der Waals surface area contributed by atoms with Crippen molar-refractivity contribution in [3.8, 4) is 5.75 Å². The summed E-state index contributed by atoms with van der Waals surface area (Å²) in [5, 5.41) is 6.33. The highest BCUT2D eigenvalue weighted by molar-refractivity contribution is 6.30. The summed E-state index contributed by atoms with van der Waals surface area (Å²) in [5.41, 5.74) is 0.528. The van der Waals surface area contributed by atoms with E-state index in [1.54, 1.807) is 26.2 Å². The minimum Gasteiger partial charge on any atom is -0.497 e. The van der Waals surface area contributed by atoms with Crippen LogP contribution in [0.3, 0.4) is 0 Å². The summed E-state index contributed by atoms with van der Waals surface area (Å²) in [5.74, 6) is 0.905. The summed E-state index contributed by atoms with van der Waals surface area (Å²) < 4.78 is 11.2. The van der Waals surface area contributed by atoms with Gasteiger partial charge in [0.25, 0.3) is 0 Å². The largest absolute Gasteiger partial charge is 0.497 e. The number of benzene rings is 2. The van der Waals surface area contributed by atoms with Gasteiger partial charge in [-0.05, 0) is 36.4 Å². The lowest BCUT2D eigenvalue weighted by molar-refractivity contribution is -0.146. The number of hydrogen-bond donors (Lipinski definition) is 0. The first-order valence-corrected chi connectivity index (χ1v) is 7.81. The third kappa shape index (κ3) is 2.83. The zero-order chi connectivity index (χ0) is 17.3. The molecule has 2 aromatic rings. The Balaban J connectivity index is 1.98. The van der Waals surface area contributed by atoms with E-state index in [1.807, 2.05) is 36.4 Å². The number of methoxy groups -OCH3 is 1. The van der Waals surface area contributed by atoms with Crippen LogP contribution >= 0.6 is 11.6 Å². The van der Waals surface area contributed by atoms with Crippen LogP contribution in [0.2, 0.25) is 5.02 Å². The Labute approximate surface area is 145 Å². The van der Waals surface area contributed by atoms with Crippen molar-refractivity contribution in [2.24, 2.45) is 5.10 Å². The maximum atomic E-state index is 12.1. The van der Waals surface area contributed by atoms with E-state index in [4.69, 9.17) is 21.1 Å². The molecule has 0 bridgehead atoms. The number of ether oxygens (including phenoxy) is 2. The van der Waals surface area contributed by atoms with Crippen molar-refractivity contribution in [3.63, 3.8) is 0 Å².